The van der Waals surface area contributed by atoms with Crippen LogP contribution < -0.4 is 0 Å². The highest BCUT2D eigenvalue weighted by Gasteiger charge is 2.12. The molecule has 0 heteroatoms. The van der Waals surface area contributed by atoms with E-state index in [0.717, 1.165) is 0 Å². The summed E-state index contributed by atoms with van der Waals surface area (Å²) in [6.07, 6.45) is 6.42. The van der Waals surface area contributed by atoms with Crippen molar-refractivity contribution in [3.8, 4) is 0 Å². The molecular formula is C10H18. The Labute approximate surface area is 64.6 Å². The van der Waals surface area contributed by atoms with Crippen LogP contribution in [0.15, 0.2) is 23.8 Å². The Morgan fingerprint density at radius 2 is 1.60 bits per heavy atom. The zero-order valence-corrected chi connectivity index (χ0v) is 7.73. The van der Waals surface area contributed by atoms with Gasteiger partial charge in [0.05, 0.1) is 0 Å². The molecule has 0 aromatic rings. The lowest BCUT2D eigenvalue weighted by molar-refractivity contribution is 0.516. The summed E-state index contributed by atoms with van der Waals surface area (Å²) in [5, 5.41) is 0. The van der Waals surface area contributed by atoms with Crippen LogP contribution in [0.5, 0.6) is 0 Å². The SMILES string of the molecule is CC=CC(=CC)C(C)(C)C. The van der Waals surface area contributed by atoms with Crippen molar-refractivity contribution < 1.29 is 0 Å². The molecule has 0 aliphatic heterocycles. The standard InChI is InChI=1S/C10H18/c1-6-8-9(7-2)10(3,4)5/h6-8H,1-5H3. The van der Waals surface area contributed by atoms with Gasteiger partial charge >= 0.3 is 0 Å². The first-order valence-corrected chi connectivity index (χ1v) is 3.82. The summed E-state index contributed by atoms with van der Waals surface area (Å²) < 4.78 is 0. The molecule has 10 heavy (non-hydrogen) atoms. The molecule has 0 saturated heterocycles. The summed E-state index contributed by atoms with van der Waals surface area (Å²) in [7, 11) is 0. The van der Waals surface area contributed by atoms with Crippen molar-refractivity contribution in [2.45, 2.75) is 34.6 Å². The maximum absolute atomic E-state index is 2.22. The Hall–Kier alpha value is -0.520. The van der Waals surface area contributed by atoms with Gasteiger partial charge in [-0.2, -0.15) is 0 Å². The number of allylic oxidation sites excluding steroid dienone is 4. The van der Waals surface area contributed by atoms with E-state index >= 15 is 0 Å². The van der Waals surface area contributed by atoms with Crippen LogP contribution in [0.2, 0.25) is 0 Å². The van der Waals surface area contributed by atoms with Crippen LogP contribution in [0, 0.1) is 5.41 Å². The van der Waals surface area contributed by atoms with Crippen molar-refractivity contribution >= 4 is 0 Å². The van der Waals surface area contributed by atoms with E-state index in [1.54, 1.807) is 0 Å². The van der Waals surface area contributed by atoms with Crippen LogP contribution >= 0.6 is 0 Å². The second-order valence-electron chi connectivity index (χ2n) is 3.49. The molecule has 0 rings (SSSR count). The second-order valence-corrected chi connectivity index (χ2v) is 3.49. The Morgan fingerprint density at radius 3 is 1.70 bits per heavy atom. The fourth-order valence-electron chi connectivity index (χ4n) is 0.959. The van der Waals surface area contributed by atoms with Crippen LogP contribution in [-0.4, -0.2) is 0 Å². The van der Waals surface area contributed by atoms with Crippen LogP contribution in [-0.2, 0) is 0 Å². The monoisotopic (exact) mass is 138 g/mol. The first-order valence-electron chi connectivity index (χ1n) is 3.82. The van der Waals surface area contributed by atoms with Gasteiger partial charge in [-0.15, -0.1) is 0 Å². The van der Waals surface area contributed by atoms with Gasteiger partial charge in [-0.3, -0.25) is 0 Å². The van der Waals surface area contributed by atoms with Crippen molar-refractivity contribution in [3.05, 3.63) is 23.8 Å². The molecule has 0 spiro atoms. The minimum absolute atomic E-state index is 0.293. The van der Waals surface area contributed by atoms with Crippen molar-refractivity contribution in [1.82, 2.24) is 0 Å². The second kappa shape index (κ2) is 3.60. The predicted octanol–water partition coefficient (Wildman–Crippen LogP) is 3.55. The molecule has 0 bridgehead atoms. The van der Waals surface area contributed by atoms with Gasteiger partial charge in [0, 0.05) is 0 Å². The minimum Gasteiger partial charge on any atom is -0.0874 e. The first kappa shape index (κ1) is 9.48. The fourth-order valence-corrected chi connectivity index (χ4v) is 0.959. The van der Waals surface area contributed by atoms with Gasteiger partial charge in [0.2, 0.25) is 0 Å². The van der Waals surface area contributed by atoms with Gasteiger partial charge in [-0.25, -0.2) is 0 Å². The molecule has 0 atom stereocenters. The maximum Gasteiger partial charge on any atom is -0.0135 e. The average molecular weight is 138 g/mol. The molecule has 0 amide bonds. The quantitative estimate of drug-likeness (QED) is 0.486. The van der Waals surface area contributed by atoms with Crippen molar-refractivity contribution in [1.29, 1.82) is 0 Å². The van der Waals surface area contributed by atoms with Gasteiger partial charge in [0.15, 0.2) is 0 Å². The van der Waals surface area contributed by atoms with Crippen LogP contribution in [0.4, 0.5) is 0 Å². The maximum atomic E-state index is 2.22. The van der Waals surface area contributed by atoms with Crippen molar-refractivity contribution in [2.24, 2.45) is 5.41 Å². The molecule has 0 heterocycles. The van der Waals surface area contributed by atoms with E-state index in [2.05, 4.69) is 52.8 Å². The van der Waals surface area contributed by atoms with E-state index in [1.807, 2.05) is 0 Å². The summed E-state index contributed by atoms with van der Waals surface area (Å²) in [6.45, 7) is 10.8. The third-order valence-electron chi connectivity index (χ3n) is 1.52. The highest BCUT2D eigenvalue weighted by Crippen LogP contribution is 2.25. The largest absolute Gasteiger partial charge is 0.0874 e. The minimum atomic E-state index is 0.293. The van der Waals surface area contributed by atoms with Crippen LogP contribution in [0.1, 0.15) is 34.6 Å². The Balaban J connectivity index is 4.39. The molecule has 0 radical (unpaired) electrons. The molecule has 0 saturated carbocycles. The summed E-state index contributed by atoms with van der Waals surface area (Å²) >= 11 is 0. The lowest BCUT2D eigenvalue weighted by atomic mass is 9.86. The zero-order valence-electron chi connectivity index (χ0n) is 7.73. The van der Waals surface area contributed by atoms with Gasteiger partial charge in [-0.05, 0) is 24.8 Å². The molecule has 0 aliphatic rings. The molecule has 0 nitrogen and oxygen atoms in total. The molecule has 0 aromatic carbocycles. The van der Waals surface area contributed by atoms with E-state index in [1.165, 1.54) is 5.57 Å². The molecule has 0 aromatic heterocycles. The van der Waals surface area contributed by atoms with Crippen LogP contribution in [0.25, 0.3) is 0 Å². The summed E-state index contributed by atoms with van der Waals surface area (Å²) in [4.78, 5) is 0. The number of hydrogen-bond donors (Lipinski definition) is 0. The van der Waals surface area contributed by atoms with Gasteiger partial charge in [0.25, 0.3) is 0 Å². The summed E-state index contributed by atoms with van der Waals surface area (Å²) in [6, 6.07) is 0. The molecular weight excluding hydrogens is 120 g/mol. The van der Waals surface area contributed by atoms with E-state index < -0.39 is 0 Å². The van der Waals surface area contributed by atoms with E-state index in [0.29, 0.717) is 5.41 Å². The van der Waals surface area contributed by atoms with Gasteiger partial charge in [-0.1, -0.05) is 39.0 Å². The van der Waals surface area contributed by atoms with E-state index in [-0.39, 0.29) is 0 Å². The molecule has 0 fully saturated rings. The van der Waals surface area contributed by atoms with E-state index in [4.69, 9.17) is 0 Å². The highest BCUT2D eigenvalue weighted by molar-refractivity contribution is 5.23. The smallest absolute Gasteiger partial charge is 0.0135 e. The third-order valence-corrected chi connectivity index (χ3v) is 1.52. The van der Waals surface area contributed by atoms with Crippen molar-refractivity contribution in [3.63, 3.8) is 0 Å². The molecule has 0 aliphatic carbocycles. The van der Waals surface area contributed by atoms with E-state index in [9.17, 15) is 0 Å². The number of rotatable bonds is 1. The van der Waals surface area contributed by atoms with Gasteiger partial charge in [0.1, 0.15) is 0 Å². The Kier molecular flexibility index (Phi) is 3.41. The third kappa shape index (κ3) is 2.86. The normalized spacial score (nSPS) is 14.7. The summed E-state index contributed by atoms with van der Waals surface area (Å²) in [5.41, 5.74) is 1.69. The molecule has 0 N–H and O–H groups in total. The topological polar surface area (TPSA) is 0 Å². The van der Waals surface area contributed by atoms with Gasteiger partial charge < -0.3 is 0 Å². The van der Waals surface area contributed by atoms with Crippen molar-refractivity contribution in [2.75, 3.05) is 0 Å². The number of hydrogen-bond acceptors (Lipinski definition) is 0. The zero-order chi connectivity index (χ0) is 8.20. The average Bonchev–Trinajstić information content (AvgIpc) is 1.80. The summed E-state index contributed by atoms with van der Waals surface area (Å²) in [5.74, 6) is 0. The predicted molar refractivity (Wildman–Crippen MR) is 48.0 cm³/mol. The highest BCUT2D eigenvalue weighted by atomic mass is 14.2. The fraction of sp³-hybridized carbons (Fsp3) is 0.600. The Bertz CT molecular complexity index is 142. The first-order chi connectivity index (χ1) is 4.52. The molecule has 58 valence electrons. The lowest BCUT2D eigenvalue weighted by Crippen LogP contribution is -2.06. The Morgan fingerprint density at radius 1 is 1.10 bits per heavy atom. The van der Waals surface area contributed by atoms with Crippen LogP contribution in [0.3, 0.4) is 0 Å². The molecule has 0 unspecified atom stereocenters. The lowest BCUT2D eigenvalue weighted by Gasteiger charge is -2.19.